The van der Waals surface area contributed by atoms with Crippen molar-refractivity contribution in [2.45, 2.75) is 85.5 Å². The normalized spacial score (nSPS) is 14.1. The monoisotopic (exact) mass is 692 g/mol. The molecule has 53 heavy (non-hydrogen) atoms. The van der Waals surface area contributed by atoms with Gasteiger partial charge < -0.3 is 14.1 Å². The molecule has 264 valence electrons. The number of hydrogen-bond acceptors (Lipinski definition) is 3. The van der Waals surface area contributed by atoms with Crippen molar-refractivity contribution in [1.29, 1.82) is 0 Å². The quantitative estimate of drug-likeness (QED) is 0.168. The van der Waals surface area contributed by atoms with E-state index in [9.17, 15) is 0 Å². The minimum absolute atomic E-state index is 0.0234. The van der Waals surface area contributed by atoms with Crippen LogP contribution in [-0.4, -0.2) is 6.85 Å². The van der Waals surface area contributed by atoms with Gasteiger partial charge in [-0.2, -0.15) is 0 Å². The Morgan fingerprint density at radius 2 is 1.13 bits per heavy atom. The fraction of sp³-hybridized carbons (Fsp3) is 0.265. The number of para-hydroxylation sites is 1. The Morgan fingerprint density at radius 1 is 0.528 bits per heavy atom. The second-order valence-corrected chi connectivity index (χ2v) is 18.4. The van der Waals surface area contributed by atoms with E-state index in [1.54, 1.807) is 0 Å². The van der Waals surface area contributed by atoms with Crippen LogP contribution in [0.1, 0.15) is 84.6 Å². The number of anilines is 5. The van der Waals surface area contributed by atoms with E-state index in [4.69, 9.17) is 4.42 Å². The summed E-state index contributed by atoms with van der Waals surface area (Å²) in [6, 6.07) is 43.6. The number of benzene rings is 6. The largest absolute Gasteiger partial charge is 0.456 e. The first-order valence-corrected chi connectivity index (χ1v) is 19.1. The van der Waals surface area contributed by atoms with Gasteiger partial charge in [-0.05, 0) is 117 Å². The van der Waals surface area contributed by atoms with Gasteiger partial charge >= 0.3 is 6.85 Å². The van der Waals surface area contributed by atoms with E-state index >= 15 is 0 Å². The van der Waals surface area contributed by atoms with Gasteiger partial charge in [-0.3, -0.25) is 0 Å². The van der Waals surface area contributed by atoms with Gasteiger partial charge in [0, 0.05) is 39.4 Å². The summed E-state index contributed by atoms with van der Waals surface area (Å²) in [5.74, 6) is 0. The minimum atomic E-state index is -0.0738. The maximum Gasteiger partial charge on any atom is 0.333 e. The average Bonchev–Trinajstić information content (AvgIpc) is 3.49. The molecule has 0 atom stereocenters. The molecule has 0 aliphatic carbocycles. The number of fused-ring (bicyclic) bond motifs is 8. The molecule has 0 fully saturated rings. The Morgan fingerprint density at radius 3 is 1.77 bits per heavy atom. The van der Waals surface area contributed by atoms with Gasteiger partial charge in [0.25, 0.3) is 0 Å². The van der Waals surface area contributed by atoms with Crippen LogP contribution < -0.4 is 20.6 Å². The van der Waals surface area contributed by atoms with Crippen LogP contribution in [0.3, 0.4) is 0 Å². The Balaban J connectivity index is 1.41. The lowest BCUT2D eigenvalue weighted by atomic mass is 9.43. The first-order valence-electron chi connectivity index (χ1n) is 19.1. The molecule has 0 spiro atoms. The van der Waals surface area contributed by atoms with Crippen molar-refractivity contribution in [2.75, 3.05) is 9.71 Å². The molecule has 6 aromatic carbocycles. The maximum absolute atomic E-state index is 6.59. The molecule has 0 N–H and O–H groups in total. The van der Waals surface area contributed by atoms with Gasteiger partial charge in [-0.25, -0.2) is 0 Å². The Kier molecular flexibility index (Phi) is 7.22. The van der Waals surface area contributed by atoms with E-state index in [-0.39, 0.29) is 23.1 Å². The highest BCUT2D eigenvalue weighted by molar-refractivity contribution is 6.94. The van der Waals surface area contributed by atoms with Crippen molar-refractivity contribution in [1.82, 2.24) is 0 Å². The molecule has 0 radical (unpaired) electrons. The van der Waals surface area contributed by atoms with Crippen LogP contribution in [0.5, 0.6) is 0 Å². The minimum Gasteiger partial charge on any atom is -0.456 e. The van der Waals surface area contributed by atoms with Crippen molar-refractivity contribution in [3.05, 3.63) is 138 Å². The Bertz CT molecular complexity index is 2570. The standard InChI is InChI=1S/C49H49BN2O/c1-30-27-38-36-24-26-43-44(37-13-11-12-14-42(37)53-43)46(36)52(35-22-17-32(18-23-35)48(5,6)7)50-39-29-33(49(8,9)10)19-25-40(39)51(41(28-30)45(38)50)34-20-15-31(16-21-34)47(2,3)4/h11-29H,1-10H3. The van der Waals surface area contributed by atoms with Gasteiger partial charge in [0.15, 0.2) is 0 Å². The molecular formula is C49H49BN2O. The molecule has 0 bridgehead atoms. The van der Waals surface area contributed by atoms with Crippen LogP contribution in [-0.2, 0) is 16.2 Å². The zero-order valence-corrected chi connectivity index (χ0v) is 32.8. The molecule has 4 heteroatoms. The predicted molar refractivity (Wildman–Crippen MR) is 228 cm³/mol. The number of nitrogens with zero attached hydrogens (tertiary/aromatic N) is 2. The van der Waals surface area contributed by atoms with Gasteiger partial charge in [0.05, 0.1) is 5.39 Å². The molecule has 9 rings (SSSR count). The highest BCUT2D eigenvalue weighted by Crippen LogP contribution is 2.51. The van der Waals surface area contributed by atoms with E-state index < -0.39 is 0 Å². The van der Waals surface area contributed by atoms with Crippen LogP contribution in [0.25, 0.3) is 33.1 Å². The molecule has 2 aliphatic rings. The Labute approximate surface area is 315 Å². The molecule has 7 aromatic rings. The summed E-state index contributed by atoms with van der Waals surface area (Å²) in [5, 5.41) is 2.31. The highest BCUT2D eigenvalue weighted by Gasteiger charge is 2.46. The first kappa shape index (κ1) is 33.6. The number of rotatable bonds is 2. The summed E-state index contributed by atoms with van der Waals surface area (Å²) in [7, 11) is 0. The highest BCUT2D eigenvalue weighted by atomic mass is 16.3. The van der Waals surface area contributed by atoms with Gasteiger partial charge in [-0.1, -0.05) is 123 Å². The van der Waals surface area contributed by atoms with Gasteiger partial charge in [0.1, 0.15) is 11.2 Å². The third kappa shape index (κ3) is 5.24. The fourth-order valence-corrected chi connectivity index (χ4v) is 8.65. The zero-order valence-electron chi connectivity index (χ0n) is 32.8. The molecule has 0 unspecified atom stereocenters. The third-order valence-corrected chi connectivity index (χ3v) is 11.6. The van der Waals surface area contributed by atoms with E-state index in [0.717, 1.165) is 16.6 Å². The molecule has 0 saturated carbocycles. The number of hydrogen-bond donors (Lipinski definition) is 0. The van der Waals surface area contributed by atoms with Crippen molar-refractivity contribution in [3.8, 4) is 11.1 Å². The lowest BCUT2D eigenvalue weighted by Crippen LogP contribution is -2.61. The summed E-state index contributed by atoms with van der Waals surface area (Å²) >= 11 is 0. The molecular weight excluding hydrogens is 643 g/mol. The average molecular weight is 693 g/mol. The predicted octanol–water partition coefficient (Wildman–Crippen LogP) is 12.5. The Hall–Kier alpha value is -5.22. The first-order chi connectivity index (χ1) is 25.1. The molecule has 3 nitrogen and oxygen atoms in total. The summed E-state index contributed by atoms with van der Waals surface area (Å²) in [6.07, 6.45) is 0. The lowest BCUT2D eigenvalue weighted by Gasteiger charge is -2.46. The van der Waals surface area contributed by atoms with E-state index in [1.165, 1.54) is 78.1 Å². The van der Waals surface area contributed by atoms with Crippen LogP contribution in [0.2, 0.25) is 0 Å². The van der Waals surface area contributed by atoms with Gasteiger partial charge in [-0.15, -0.1) is 0 Å². The second kappa shape index (κ2) is 11.4. The molecule has 0 saturated heterocycles. The molecule has 0 amide bonds. The van der Waals surface area contributed by atoms with Crippen molar-refractivity contribution in [3.63, 3.8) is 0 Å². The van der Waals surface area contributed by atoms with Crippen molar-refractivity contribution < 1.29 is 4.42 Å². The fourth-order valence-electron chi connectivity index (χ4n) is 8.65. The second-order valence-electron chi connectivity index (χ2n) is 18.4. The maximum atomic E-state index is 6.59. The lowest BCUT2D eigenvalue weighted by molar-refractivity contribution is 0.590. The summed E-state index contributed by atoms with van der Waals surface area (Å²) < 4.78 is 6.59. The molecule has 2 aliphatic heterocycles. The van der Waals surface area contributed by atoms with E-state index in [0.29, 0.717) is 0 Å². The third-order valence-electron chi connectivity index (χ3n) is 11.6. The number of furan rings is 1. The van der Waals surface area contributed by atoms with E-state index in [1.807, 2.05) is 0 Å². The summed E-state index contributed by atoms with van der Waals surface area (Å²) in [6.45, 7) is 22.9. The van der Waals surface area contributed by atoms with Crippen LogP contribution in [0.15, 0.2) is 120 Å². The van der Waals surface area contributed by atoms with Gasteiger partial charge in [0.2, 0.25) is 0 Å². The SMILES string of the molecule is Cc1cc2c3c(c1)N(c1ccc(C(C)(C)C)cc1)c1ccc(C(C)(C)C)cc1B3N(c1ccc(C(C)(C)C)cc1)c1c-2ccc2oc3ccccc3c12. The van der Waals surface area contributed by atoms with Crippen LogP contribution in [0.4, 0.5) is 28.4 Å². The number of aryl methyl sites for hydroxylation is 1. The molecule has 3 heterocycles. The summed E-state index contributed by atoms with van der Waals surface area (Å²) in [5.41, 5.74) is 18.4. The van der Waals surface area contributed by atoms with Crippen LogP contribution in [0, 0.1) is 6.92 Å². The smallest absolute Gasteiger partial charge is 0.333 e. The summed E-state index contributed by atoms with van der Waals surface area (Å²) in [4.78, 5) is 5.16. The van der Waals surface area contributed by atoms with Crippen molar-refractivity contribution >= 4 is 68.1 Å². The topological polar surface area (TPSA) is 19.6 Å². The zero-order chi connectivity index (χ0) is 37.2. The molecule has 1 aromatic heterocycles. The van der Waals surface area contributed by atoms with Crippen LogP contribution >= 0.6 is 0 Å². The van der Waals surface area contributed by atoms with Crippen molar-refractivity contribution in [2.24, 2.45) is 0 Å². The van der Waals surface area contributed by atoms with E-state index in [2.05, 4.69) is 194 Å².